The number of nitrogens with zero attached hydrogens (tertiary/aromatic N) is 1. The molecule has 2 aliphatic rings. The van der Waals surface area contributed by atoms with Gasteiger partial charge in [0.25, 0.3) is 0 Å². The van der Waals surface area contributed by atoms with Crippen LogP contribution in [0.1, 0.15) is 75.0 Å². The van der Waals surface area contributed by atoms with Gasteiger partial charge in [0.15, 0.2) is 0 Å². The van der Waals surface area contributed by atoms with Crippen molar-refractivity contribution in [1.29, 1.82) is 0 Å². The Morgan fingerprint density at radius 1 is 0.826 bits per heavy atom. The van der Waals surface area contributed by atoms with Crippen molar-refractivity contribution < 1.29 is 17.1 Å². The molecule has 1 aliphatic heterocycles. The van der Waals surface area contributed by atoms with Gasteiger partial charge in [-0.1, -0.05) is 0 Å². The summed E-state index contributed by atoms with van der Waals surface area (Å²) in [5.74, 6) is 0.807. The summed E-state index contributed by atoms with van der Waals surface area (Å²) in [7, 11) is 16.5. The summed E-state index contributed by atoms with van der Waals surface area (Å²) >= 11 is -4.03. The average molecular weight is 742 g/mol. The molecule has 4 aromatic rings. The predicted molar refractivity (Wildman–Crippen MR) is 193 cm³/mol. The second-order valence-corrected chi connectivity index (χ2v) is 22.9. The molecule has 3 nitrogen and oxygen atoms in total. The fourth-order valence-electron chi connectivity index (χ4n) is 7.78. The van der Waals surface area contributed by atoms with Crippen LogP contribution in [0.3, 0.4) is 0 Å². The minimum atomic E-state index is -4.03. The van der Waals surface area contributed by atoms with Gasteiger partial charge in [0, 0.05) is 0 Å². The first-order valence-electron chi connectivity index (χ1n) is 16.1. The van der Waals surface area contributed by atoms with E-state index in [-0.39, 0.29) is 6.10 Å². The Labute approximate surface area is 286 Å². The first kappa shape index (κ1) is 33.2. The molecule has 0 amide bonds. The molecular formula is C40H45Cl2N2ORu. The van der Waals surface area contributed by atoms with Gasteiger partial charge < -0.3 is 0 Å². The zero-order valence-electron chi connectivity index (χ0n) is 28.2. The summed E-state index contributed by atoms with van der Waals surface area (Å²) < 4.78 is 7.75. The Bertz CT molecular complexity index is 1870. The van der Waals surface area contributed by atoms with Crippen LogP contribution in [0.25, 0.3) is 5.57 Å². The van der Waals surface area contributed by atoms with Gasteiger partial charge in [0.2, 0.25) is 0 Å². The molecule has 6 rings (SSSR count). The van der Waals surface area contributed by atoms with E-state index in [0.29, 0.717) is 0 Å². The van der Waals surface area contributed by atoms with Crippen molar-refractivity contribution in [2.45, 2.75) is 65.5 Å². The second-order valence-electron chi connectivity index (χ2n) is 13.1. The van der Waals surface area contributed by atoms with Crippen LogP contribution in [0.4, 0.5) is 0 Å². The molecule has 0 saturated carbocycles. The van der Waals surface area contributed by atoms with Crippen LogP contribution in [0, 0.1) is 41.5 Å². The molecule has 1 saturated heterocycles. The SMILES string of the molecule is Cc1cc(C)c(C2=C(N3CCNC3)[C](c3c(C)cc(C)cc3C)([Ru]([Cl])([Cl])=[CH]c3ccccc3OC(C)C)c3ccccc32)c(C)c1. The summed E-state index contributed by atoms with van der Waals surface area (Å²) in [4.78, 5) is 2.53. The average Bonchev–Trinajstić information content (AvgIpc) is 3.59. The van der Waals surface area contributed by atoms with E-state index in [0.717, 1.165) is 31.1 Å². The number of rotatable bonds is 7. The van der Waals surface area contributed by atoms with Gasteiger partial charge in [-0.15, -0.1) is 0 Å². The Balaban J connectivity index is 1.85. The van der Waals surface area contributed by atoms with Crippen molar-refractivity contribution in [2.75, 3.05) is 19.8 Å². The molecule has 1 aliphatic carbocycles. The maximum absolute atomic E-state index is 8.26. The van der Waals surface area contributed by atoms with Gasteiger partial charge in [-0.25, -0.2) is 0 Å². The first-order valence-corrected chi connectivity index (χ1v) is 22.4. The van der Waals surface area contributed by atoms with Crippen molar-refractivity contribution in [3.8, 4) is 5.75 Å². The number of nitrogens with one attached hydrogen (secondary N) is 1. The fourth-order valence-corrected chi connectivity index (χ4v) is 15.9. The predicted octanol–water partition coefficient (Wildman–Crippen LogP) is 9.52. The van der Waals surface area contributed by atoms with E-state index in [1.54, 1.807) is 0 Å². The third-order valence-corrected chi connectivity index (χ3v) is 16.6. The van der Waals surface area contributed by atoms with Crippen LogP contribution >= 0.6 is 19.4 Å². The first-order chi connectivity index (χ1) is 21.9. The minimum absolute atomic E-state index is 0.0213. The molecule has 1 N–H and O–H groups in total. The van der Waals surface area contributed by atoms with E-state index in [9.17, 15) is 0 Å². The molecule has 1 unspecified atom stereocenters. The van der Waals surface area contributed by atoms with Gasteiger partial charge in [-0.2, -0.15) is 0 Å². The number of benzene rings is 4. The standard InChI is InChI=1S/C30H33N2.C10H12O.2ClH.Ru/c1-18-13-20(3)26(21(4)14-18)28-24-9-7-8-10-25(24)29(30(28)32-12-11-31-17-32)27-22(5)15-19(2)16-23(27)6;1-8(2)11-10-7-5-4-6-9(10)3;;;/h7-10,13-16,31H,11-12,17H2,1-6H3;3-8H,1-2H3;2*1H;/q;;;;+2/p-2. The molecule has 4 aromatic carbocycles. The molecule has 1 fully saturated rings. The normalized spacial score (nSPS) is 18.4. The summed E-state index contributed by atoms with van der Waals surface area (Å²) in [6.45, 7) is 19.9. The van der Waals surface area contributed by atoms with Crippen LogP contribution in [-0.4, -0.2) is 35.4 Å². The van der Waals surface area contributed by atoms with Gasteiger partial charge in [-0.05, 0) is 0 Å². The third-order valence-electron chi connectivity index (χ3n) is 9.11. The molecule has 0 aromatic heterocycles. The number of allylic oxidation sites excluding steroid dienone is 1. The number of aryl methyl sites for hydroxylation is 6. The maximum atomic E-state index is 8.26. The van der Waals surface area contributed by atoms with Crippen molar-refractivity contribution >= 4 is 29.6 Å². The molecule has 46 heavy (non-hydrogen) atoms. The number of fused-ring (bicyclic) bond motifs is 1. The van der Waals surface area contributed by atoms with Crippen LogP contribution in [0.15, 0.2) is 78.5 Å². The van der Waals surface area contributed by atoms with Crippen molar-refractivity contribution in [1.82, 2.24) is 10.2 Å². The molecule has 0 bridgehead atoms. The zero-order valence-corrected chi connectivity index (χ0v) is 31.4. The Kier molecular flexibility index (Phi) is 9.15. The topological polar surface area (TPSA) is 24.5 Å². The van der Waals surface area contributed by atoms with E-state index in [1.807, 2.05) is 18.2 Å². The van der Waals surface area contributed by atoms with Gasteiger partial charge in [-0.3, -0.25) is 0 Å². The summed E-state index contributed by atoms with van der Waals surface area (Å²) in [5, 5.41) is 3.64. The molecule has 243 valence electrons. The van der Waals surface area contributed by atoms with Crippen LogP contribution < -0.4 is 10.1 Å². The van der Waals surface area contributed by atoms with Gasteiger partial charge in [0.1, 0.15) is 0 Å². The Morgan fingerprint density at radius 3 is 2.02 bits per heavy atom. The van der Waals surface area contributed by atoms with Crippen molar-refractivity contribution in [3.05, 3.63) is 140 Å². The summed E-state index contributed by atoms with van der Waals surface area (Å²) in [5.41, 5.74) is 15.8. The number of hydrogen-bond donors (Lipinski definition) is 1. The number of ether oxygens (including phenoxy) is 1. The fraction of sp³-hybridized carbons (Fsp3) is 0.325. The van der Waals surface area contributed by atoms with Crippen LogP contribution in [0.2, 0.25) is 0 Å². The second kappa shape index (κ2) is 12.7. The number of para-hydroxylation sites is 1. The quantitative estimate of drug-likeness (QED) is 0.191. The molecule has 6 heteroatoms. The van der Waals surface area contributed by atoms with Gasteiger partial charge in [0.05, 0.1) is 0 Å². The van der Waals surface area contributed by atoms with E-state index in [4.69, 9.17) is 24.1 Å². The van der Waals surface area contributed by atoms with E-state index in [1.165, 1.54) is 66.9 Å². The van der Waals surface area contributed by atoms with Crippen molar-refractivity contribution in [3.63, 3.8) is 0 Å². The van der Waals surface area contributed by atoms with Crippen molar-refractivity contribution in [2.24, 2.45) is 0 Å². The van der Waals surface area contributed by atoms with E-state index < -0.39 is 16.4 Å². The van der Waals surface area contributed by atoms with Gasteiger partial charge >= 0.3 is 288 Å². The van der Waals surface area contributed by atoms with E-state index in [2.05, 4.69) is 125 Å². The monoisotopic (exact) mass is 741 g/mol. The van der Waals surface area contributed by atoms with E-state index >= 15 is 0 Å². The molecule has 0 radical (unpaired) electrons. The van der Waals surface area contributed by atoms with Crippen LogP contribution in [-0.2, 0) is 16.4 Å². The number of hydrogen-bond acceptors (Lipinski definition) is 3. The van der Waals surface area contributed by atoms with Crippen LogP contribution in [0.5, 0.6) is 5.75 Å². The molecule has 1 heterocycles. The summed E-state index contributed by atoms with van der Waals surface area (Å²) in [6.07, 6.45) is 0.0213. The number of halogens is 2. The molecular weight excluding hydrogens is 696 g/mol. The molecule has 1 atom stereocenters. The third kappa shape index (κ3) is 5.50. The summed E-state index contributed by atoms with van der Waals surface area (Å²) in [6, 6.07) is 26.3. The Morgan fingerprint density at radius 2 is 1.41 bits per heavy atom. The Hall–Kier alpha value is -2.75. The molecule has 0 spiro atoms. The zero-order chi connectivity index (χ0) is 33.0.